The Balaban J connectivity index is 0.000000168. The molecule has 2 aliphatic rings. The lowest BCUT2D eigenvalue weighted by Gasteiger charge is -2.37. The average molecular weight is 2040 g/mol. The fourth-order valence-electron chi connectivity index (χ4n) is 17.7. The number of phenolic OH excluding ortho intramolecular Hbond substituents is 2. The first kappa shape index (κ1) is 114. The van der Waals surface area contributed by atoms with Crippen LogP contribution in [0.5, 0.6) is 11.5 Å². The Morgan fingerprint density at radius 3 is 1.18 bits per heavy atom. The lowest BCUT2D eigenvalue weighted by atomic mass is 9.90. The number of nitrogens with zero attached hydrogens (tertiary/aromatic N) is 8. The van der Waals surface area contributed by atoms with Crippen molar-refractivity contribution in [2.45, 2.75) is 195 Å². The summed E-state index contributed by atoms with van der Waals surface area (Å²) in [4.78, 5) is 27.8. The zero-order valence-corrected chi connectivity index (χ0v) is 91.0. The van der Waals surface area contributed by atoms with E-state index in [4.69, 9.17) is 11.6 Å². The second-order valence-corrected chi connectivity index (χ2v) is 41.1. The molecular formula is C126H144ClF5N10O5S. The van der Waals surface area contributed by atoms with Gasteiger partial charge in [-0.05, 0) is 331 Å². The third-order valence-corrected chi connectivity index (χ3v) is 27.8. The van der Waals surface area contributed by atoms with Crippen molar-refractivity contribution in [3.05, 3.63) is 386 Å². The van der Waals surface area contributed by atoms with Gasteiger partial charge in [-0.2, -0.15) is 26.9 Å². The molecule has 0 spiro atoms. The summed E-state index contributed by atoms with van der Waals surface area (Å²) in [5.41, 5.74) is 21.5. The third kappa shape index (κ3) is 30.5. The highest BCUT2D eigenvalue weighted by Gasteiger charge is 2.46. The Hall–Kier alpha value is -14.3. The molecular weight excluding hydrogens is 1900 g/mol. The molecule has 0 atom stereocenters. The standard InChI is InChI=1S/C27H21NO2.C26H30N2O.C22H21F3N2O2S.C16H24N2.C13H17N.C11H16ClN.C11H15F2N/c1-18-26(29)16-25(17-27(18)30)28(23-12-10-19-6-2-4-8-21(19)14-23)24-13-11-20-7-3-5-9-22(20)15-24;1-18-7-12-21(13-8-18)28(22-14-9-19(2)10-15-22)23-16-11-20(3)24(17-23)27-25(29)26(4,5)6;1-15-4-9-18(10-5-15)27(19-11-6-16(2)7-12-19)20-13-8-17(3)21(14-20)26-30(28,29)22(23,24)25;1-4-6-10-18(11-7-5-2)16-9-8-14(3)12-15(16)13-17;1-10-8-11-4-2-6-14-7-3-5-12(9-10)13(11)14;1-4-13(5-2)11-7-6-9(3)8-10(11)12;1-4-14(5-2)9-6-10(12)8(3)11(13)7-9/h2-17,29-30H,1H3;7-17H,1-6H3,(H,27,29);4-14,26H,1-3H3;8-9,12H,4-7,10-11H2,1-3H3;8-9H,2-7H2,1H3;6-8H,4-5H2,1-3H3;6-7H,4-5H2,1-3H3. The van der Waals surface area contributed by atoms with E-state index >= 15 is 0 Å². The van der Waals surface area contributed by atoms with Crippen molar-refractivity contribution in [3.63, 3.8) is 0 Å². The summed E-state index contributed by atoms with van der Waals surface area (Å²) in [6.45, 7) is 47.6. The van der Waals surface area contributed by atoms with E-state index in [1.165, 1.54) is 112 Å². The molecule has 15 aromatic rings. The first-order valence-electron chi connectivity index (χ1n) is 51.2. The number of carbonyl (C=O) groups is 1. The normalized spacial score (nSPS) is 11.8. The zero-order valence-electron chi connectivity index (χ0n) is 89.4. The van der Waals surface area contributed by atoms with E-state index in [0.29, 0.717) is 28.2 Å². The predicted octanol–water partition coefficient (Wildman–Crippen LogP) is 34.2. The fraction of sp³-hybridized carbons (Fsp3) is 0.302. The summed E-state index contributed by atoms with van der Waals surface area (Å²) in [7, 11) is -5.52. The first-order chi connectivity index (χ1) is 70.6. The molecule has 0 aliphatic carbocycles. The summed E-state index contributed by atoms with van der Waals surface area (Å²) >= 11 is 6.14. The van der Waals surface area contributed by atoms with E-state index in [2.05, 4.69) is 255 Å². The molecule has 15 aromatic carbocycles. The van der Waals surface area contributed by atoms with Crippen LogP contribution in [-0.4, -0.2) is 82.4 Å². The number of aryl methyl sites for hydroxylation is 11. The zero-order chi connectivity index (χ0) is 107. The smallest absolute Gasteiger partial charge is 0.507 e. The van der Waals surface area contributed by atoms with Gasteiger partial charge in [-0.3, -0.25) is 9.52 Å². The molecule has 4 N–H and O–H groups in total. The van der Waals surface area contributed by atoms with Gasteiger partial charge in [0.15, 0.2) is 0 Å². The Morgan fingerprint density at radius 2 is 0.777 bits per heavy atom. The van der Waals surface area contributed by atoms with E-state index in [1.807, 2.05) is 157 Å². The molecule has 0 fully saturated rings. The van der Waals surface area contributed by atoms with Gasteiger partial charge in [0.05, 0.1) is 33.3 Å². The average Bonchev–Trinajstić information content (AvgIpc) is 0.783. The van der Waals surface area contributed by atoms with Crippen molar-refractivity contribution < 1.29 is 45.4 Å². The van der Waals surface area contributed by atoms with Gasteiger partial charge in [-0.1, -0.05) is 232 Å². The lowest BCUT2D eigenvalue weighted by Crippen LogP contribution is -2.34. The van der Waals surface area contributed by atoms with Crippen LogP contribution in [-0.2, 0) is 27.7 Å². The van der Waals surface area contributed by atoms with Crippen LogP contribution in [0.2, 0.25) is 5.02 Å². The van der Waals surface area contributed by atoms with Crippen molar-refractivity contribution in [2.75, 3.05) is 96.7 Å². The van der Waals surface area contributed by atoms with Gasteiger partial charge < -0.3 is 49.8 Å². The molecule has 17 rings (SSSR count). The van der Waals surface area contributed by atoms with E-state index in [0.717, 1.165) is 151 Å². The Bertz CT molecular complexity index is 6890. The highest BCUT2D eigenvalue weighted by molar-refractivity contribution is 7.93. The van der Waals surface area contributed by atoms with Crippen molar-refractivity contribution in [2.24, 2.45) is 5.41 Å². The molecule has 0 bridgehead atoms. The topological polar surface area (TPSA) is 162 Å². The molecule has 22 heteroatoms. The molecule has 0 aromatic heterocycles. The lowest BCUT2D eigenvalue weighted by molar-refractivity contribution is -0.123. The predicted molar refractivity (Wildman–Crippen MR) is 614 cm³/mol. The Morgan fingerprint density at radius 1 is 0.405 bits per heavy atom. The third-order valence-electron chi connectivity index (χ3n) is 26.4. The quantitative estimate of drug-likeness (QED) is 0.0401. The van der Waals surface area contributed by atoms with E-state index in [1.54, 1.807) is 59.6 Å². The van der Waals surface area contributed by atoms with Crippen molar-refractivity contribution in [3.8, 4) is 17.6 Å². The van der Waals surface area contributed by atoms with Gasteiger partial charge in [0.2, 0.25) is 5.91 Å². The van der Waals surface area contributed by atoms with Crippen LogP contribution in [0.1, 0.15) is 179 Å². The molecule has 1 amide bonds. The SMILES string of the molecule is CCCCN(CCCC)c1ccc(C)cc1C#N.CCN(CC)c1cc(F)c(C)c(F)c1.CCN(CC)c1ccc(C)cc1Cl.Cc1c(O)cc(N(c2ccc3ccccc3c2)c2ccc3ccccc3c2)cc1O.Cc1cc2c3c(c1)CCCN3CCC2.Cc1ccc(N(c2ccc(C)cc2)c2ccc(C)c(NC(=O)C(C)(C)C)c2)cc1.Cc1ccc(N(c2ccc(C)cc2)c2ccc(C)c(NS(=O)(=O)C(F)(F)F)c2)cc1. The molecule has 0 radical (unpaired) electrons. The number of halogens is 6. The van der Waals surface area contributed by atoms with Crippen LogP contribution in [0.15, 0.2) is 291 Å². The number of aromatic hydroxyl groups is 2. The minimum atomic E-state index is -5.52. The highest BCUT2D eigenvalue weighted by Crippen LogP contribution is 2.45. The van der Waals surface area contributed by atoms with E-state index in [9.17, 15) is 50.6 Å². The van der Waals surface area contributed by atoms with E-state index in [-0.39, 0.29) is 28.7 Å². The number of hydrogen-bond acceptors (Lipinski definition) is 13. The summed E-state index contributed by atoms with van der Waals surface area (Å²) in [6, 6.07) is 97.8. The van der Waals surface area contributed by atoms with Crippen molar-refractivity contribution in [1.82, 2.24) is 0 Å². The molecule has 0 saturated carbocycles. The largest absolute Gasteiger partial charge is 0.516 e. The number of unbranched alkanes of at least 4 members (excludes halogenated alkanes) is 2. The number of phenols is 2. The summed E-state index contributed by atoms with van der Waals surface area (Å²) in [6.07, 6.45) is 10.0. The van der Waals surface area contributed by atoms with Gasteiger partial charge in [0.1, 0.15) is 29.2 Å². The number of nitriles is 1. The first-order valence-corrected chi connectivity index (χ1v) is 53.1. The maximum absolute atomic E-state index is 13.2. The molecule has 0 unspecified atom stereocenters. The van der Waals surface area contributed by atoms with Crippen LogP contribution in [0.25, 0.3) is 21.5 Å². The maximum Gasteiger partial charge on any atom is 0.516 e. The highest BCUT2D eigenvalue weighted by atomic mass is 35.5. The van der Waals surface area contributed by atoms with Crippen molar-refractivity contribution >= 4 is 134 Å². The van der Waals surface area contributed by atoms with Crippen LogP contribution >= 0.6 is 11.6 Å². The monoisotopic (exact) mass is 2040 g/mol. The van der Waals surface area contributed by atoms with Gasteiger partial charge in [-0.15, -0.1) is 0 Å². The molecule has 0 saturated heterocycles. The molecule has 2 heterocycles. The minimum Gasteiger partial charge on any atom is -0.507 e. The number of hydrogen-bond donors (Lipinski definition) is 4. The number of sulfonamides is 1. The number of anilines is 15. The summed E-state index contributed by atoms with van der Waals surface area (Å²) in [5, 5.41) is 38.6. The van der Waals surface area contributed by atoms with Gasteiger partial charge >= 0.3 is 15.5 Å². The van der Waals surface area contributed by atoms with E-state index < -0.39 is 32.6 Å². The number of carbonyl (C=O) groups excluding carboxylic acids is 1. The van der Waals surface area contributed by atoms with Crippen LogP contribution in [0, 0.1) is 105 Å². The van der Waals surface area contributed by atoms with Crippen LogP contribution in [0.4, 0.5) is 107 Å². The van der Waals surface area contributed by atoms with Crippen molar-refractivity contribution in [1.29, 1.82) is 5.26 Å². The summed E-state index contributed by atoms with van der Waals surface area (Å²) < 4.78 is 89.9. The number of benzene rings is 15. The molecule has 776 valence electrons. The van der Waals surface area contributed by atoms with Gasteiger partial charge in [0.25, 0.3) is 0 Å². The van der Waals surface area contributed by atoms with Gasteiger partial charge in [-0.25, -0.2) is 8.78 Å². The Kier molecular flexibility index (Phi) is 40.7. The maximum atomic E-state index is 13.2. The number of nitrogens with one attached hydrogen (secondary N) is 2. The second kappa shape index (κ2) is 52.8. The molecule has 2 aliphatic heterocycles. The number of fused-ring (bicyclic) bond motifs is 2. The van der Waals surface area contributed by atoms with Crippen LogP contribution in [0.3, 0.4) is 0 Å². The molecule has 15 nitrogen and oxygen atoms in total. The minimum absolute atomic E-state index is 0.00923. The number of rotatable bonds is 25. The Labute approximate surface area is 880 Å². The van der Waals surface area contributed by atoms with Crippen LogP contribution < -0.4 is 44.3 Å². The fourth-order valence-corrected chi connectivity index (χ4v) is 18.7. The van der Waals surface area contributed by atoms with Gasteiger partial charge in [0, 0.05) is 144 Å². The number of alkyl halides is 3. The number of amides is 1. The summed E-state index contributed by atoms with van der Waals surface area (Å²) in [5.74, 6) is -0.818. The second-order valence-electron chi connectivity index (χ2n) is 39.1. The molecule has 148 heavy (non-hydrogen) atoms.